The smallest absolute Gasteiger partial charge is 0.0850 e. The largest absolute Gasteiger partial charge is 0.396 e. The highest BCUT2D eigenvalue weighted by Crippen LogP contribution is 2.35. The Bertz CT molecular complexity index is 707. The van der Waals surface area contributed by atoms with Gasteiger partial charge in [0.05, 0.1) is 17.3 Å². The second-order valence-electron chi connectivity index (χ2n) is 4.22. The summed E-state index contributed by atoms with van der Waals surface area (Å²) in [7, 11) is 0. The molecule has 0 unspecified atom stereocenters. The number of benzene rings is 1. The van der Waals surface area contributed by atoms with Gasteiger partial charge in [-0.3, -0.25) is 0 Å². The molecular weight excluding hydrogens is 282 g/mol. The average Bonchev–Trinajstić information content (AvgIpc) is 2.97. The number of aromatic nitrogens is 3. The zero-order chi connectivity index (χ0) is 13.2. The minimum Gasteiger partial charge on any atom is -0.396 e. The molecule has 6 heteroatoms. The number of fused-ring (bicyclic) bond motifs is 1. The molecule has 3 aromatic rings. The number of aliphatic hydroxyl groups excluding tert-OH is 1. The van der Waals surface area contributed by atoms with Crippen molar-refractivity contribution in [3.05, 3.63) is 46.1 Å². The summed E-state index contributed by atoms with van der Waals surface area (Å²) < 4.78 is 2.93. The van der Waals surface area contributed by atoms with Gasteiger partial charge in [0, 0.05) is 34.2 Å². The third kappa shape index (κ3) is 2.49. The number of thiophene rings is 1. The van der Waals surface area contributed by atoms with Crippen molar-refractivity contribution >= 4 is 33.0 Å². The van der Waals surface area contributed by atoms with Crippen LogP contribution in [-0.4, -0.2) is 26.7 Å². The predicted molar refractivity (Wildman–Crippen MR) is 76.7 cm³/mol. The van der Waals surface area contributed by atoms with Crippen molar-refractivity contribution in [3.63, 3.8) is 0 Å². The Hall–Kier alpha value is -1.43. The van der Waals surface area contributed by atoms with Crippen LogP contribution in [0.3, 0.4) is 0 Å². The van der Waals surface area contributed by atoms with E-state index in [-0.39, 0.29) is 6.61 Å². The lowest BCUT2D eigenvalue weighted by molar-refractivity contribution is 0.298. The van der Waals surface area contributed by atoms with E-state index in [9.17, 15) is 0 Å². The summed E-state index contributed by atoms with van der Waals surface area (Å²) in [6.45, 7) is 0.693. The van der Waals surface area contributed by atoms with E-state index in [4.69, 9.17) is 16.7 Å². The van der Waals surface area contributed by atoms with Crippen LogP contribution in [-0.2, 0) is 13.0 Å². The number of hydrogen-bond acceptors (Lipinski definition) is 4. The molecule has 0 bridgehead atoms. The quantitative estimate of drug-likeness (QED) is 0.805. The van der Waals surface area contributed by atoms with Crippen LogP contribution in [0.5, 0.6) is 0 Å². The molecule has 0 atom stereocenters. The molecule has 19 heavy (non-hydrogen) atoms. The first-order valence-corrected chi connectivity index (χ1v) is 7.13. The summed E-state index contributed by atoms with van der Waals surface area (Å²) in [6, 6.07) is 8.08. The average molecular weight is 294 g/mol. The van der Waals surface area contributed by atoms with Crippen molar-refractivity contribution < 1.29 is 5.11 Å². The molecule has 2 aromatic heterocycles. The van der Waals surface area contributed by atoms with Crippen molar-refractivity contribution in [2.75, 3.05) is 6.61 Å². The molecule has 0 aliphatic rings. The van der Waals surface area contributed by atoms with Crippen molar-refractivity contribution in [1.82, 2.24) is 15.0 Å². The molecule has 0 saturated carbocycles. The Labute approximate surface area is 119 Å². The molecule has 1 N–H and O–H groups in total. The van der Waals surface area contributed by atoms with Crippen LogP contribution in [0.4, 0.5) is 0 Å². The molecule has 1 aromatic carbocycles. The highest BCUT2D eigenvalue weighted by molar-refractivity contribution is 7.19. The molecule has 0 radical (unpaired) electrons. The number of halogens is 1. The molecule has 0 amide bonds. The van der Waals surface area contributed by atoms with Crippen LogP contribution in [0.15, 0.2) is 30.5 Å². The molecular formula is C13H12ClN3OS. The summed E-state index contributed by atoms with van der Waals surface area (Å²) in [6.07, 6.45) is 2.37. The summed E-state index contributed by atoms with van der Waals surface area (Å²) in [5, 5.41) is 18.8. The zero-order valence-electron chi connectivity index (χ0n) is 10.1. The van der Waals surface area contributed by atoms with E-state index in [1.807, 2.05) is 24.4 Å². The normalized spacial score (nSPS) is 11.3. The van der Waals surface area contributed by atoms with E-state index < -0.39 is 0 Å². The van der Waals surface area contributed by atoms with E-state index in [2.05, 4.69) is 16.4 Å². The maximum absolute atomic E-state index is 8.86. The molecule has 3 rings (SSSR count). The predicted octanol–water partition coefficient (Wildman–Crippen LogP) is 2.73. The first kappa shape index (κ1) is 12.6. The molecule has 0 fully saturated rings. The van der Waals surface area contributed by atoms with E-state index >= 15 is 0 Å². The van der Waals surface area contributed by atoms with Crippen molar-refractivity contribution in [1.29, 1.82) is 0 Å². The van der Waals surface area contributed by atoms with Gasteiger partial charge >= 0.3 is 0 Å². The molecule has 4 nitrogen and oxygen atoms in total. The summed E-state index contributed by atoms with van der Waals surface area (Å²) >= 11 is 8.06. The van der Waals surface area contributed by atoms with Gasteiger partial charge < -0.3 is 5.11 Å². The fourth-order valence-corrected chi connectivity index (χ4v) is 3.44. The Morgan fingerprint density at radius 2 is 2.16 bits per heavy atom. The number of nitrogens with zero attached hydrogens (tertiary/aromatic N) is 3. The fourth-order valence-electron chi connectivity index (χ4n) is 1.96. The lowest BCUT2D eigenvalue weighted by Gasteiger charge is -1.97. The Morgan fingerprint density at radius 3 is 2.95 bits per heavy atom. The number of rotatable bonds is 4. The maximum Gasteiger partial charge on any atom is 0.0850 e. The Morgan fingerprint density at radius 1 is 1.32 bits per heavy atom. The van der Waals surface area contributed by atoms with E-state index in [0.29, 0.717) is 13.0 Å². The van der Waals surface area contributed by atoms with Crippen LogP contribution in [0.1, 0.15) is 10.6 Å². The van der Waals surface area contributed by atoms with Gasteiger partial charge in [0.1, 0.15) is 0 Å². The van der Waals surface area contributed by atoms with Crippen LogP contribution >= 0.6 is 22.9 Å². The van der Waals surface area contributed by atoms with Crippen LogP contribution in [0.2, 0.25) is 5.02 Å². The standard InChI is InChI=1S/C13H12ClN3OS/c14-13-10-3-1-2-4-11(10)19-12(13)8-17-7-9(5-6-18)15-16-17/h1-4,7,18H,5-6,8H2. The number of aliphatic hydroxyl groups is 1. The Kier molecular flexibility index (Phi) is 3.50. The SMILES string of the molecule is OCCc1cn(Cc2sc3ccccc3c2Cl)nn1. The summed E-state index contributed by atoms with van der Waals surface area (Å²) in [5.74, 6) is 0. The minimum atomic E-state index is 0.0857. The topological polar surface area (TPSA) is 50.9 Å². The van der Waals surface area contributed by atoms with E-state index in [1.54, 1.807) is 16.0 Å². The number of hydrogen-bond donors (Lipinski definition) is 1. The van der Waals surface area contributed by atoms with Gasteiger partial charge in [0.15, 0.2) is 0 Å². The van der Waals surface area contributed by atoms with Crippen molar-refractivity contribution in [2.24, 2.45) is 0 Å². The van der Waals surface area contributed by atoms with Crippen LogP contribution in [0, 0.1) is 0 Å². The third-order valence-electron chi connectivity index (χ3n) is 2.86. The highest BCUT2D eigenvalue weighted by atomic mass is 35.5. The second kappa shape index (κ2) is 5.28. The first-order valence-electron chi connectivity index (χ1n) is 5.93. The Balaban J connectivity index is 1.89. The van der Waals surface area contributed by atoms with Crippen LogP contribution in [0.25, 0.3) is 10.1 Å². The summed E-state index contributed by atoms with van der Waals surface area (Å²) in [5.41, 5.74) is 0.791. The third-order valence-corrected chi connectivity index (χ3v) is 4.56. The highest BCUT2D eigenvalue weighted by Gasteiger charge is 2.11. The lowest BCUT2D eigenvalue weighted by Crippen LogP contribution is -1.98. The second-order valence-corrected chi connectivity index (χ2v) is 5.73. The van der Waals surface area contributed by atoms with E-state index in [0.717, 1.165) is 21.0 Å². The van der Waals surface area contributed by atoms with Gasteiger partial charge in [-0.1, -0.05) is 35.0 Å². The zero-order valence-corrected chi connectivity index (χ0v) is 11.7. The van der Waals surface area contributed by atoms with Gasteiger partial charge in [-0.25, -0.2) is 4.68 Å². The molecule has 0 aliphatic heterocycles. The van der Waals surface area contributed by atoms with Gasteiger partial charge in [-0.2, -0.15) is 0 Å². The molecule has 0 aliphatic carbocycles. The summed E-state index contributed by atoms with van der Waals surface area (Å²) in [4.78, 5) is 1.07. The lowest BCUT2D eigenvalue weighted by atomic mass is 10.2. The minimum absolute atomic E-state index is 0.0857. The first-order chi connectivity index (χ1) is 9.28. The van der Waals surface area contributed by atoms with Crippen molar-refractivity contribution in [2.45, 2.75) is 13.0 Å². The van der Waals surface area contributed by atoms with Gasteiger partial charge in [-0.15, -0.1) is 16.4 Å². The monoisotopic (exact) mass is 293 g/mol. The van der Waals surface area contributed by atoms with Gasteiger partial charge in [0.2, 0.25) is 0 Å². The van der Waals surface area contributed by atoms with E-state index in [1.165, 1.54) is 4.70 Å². The maximum atomic E-state index is 8.86. The molecule has 0 saturated heterocycles. The van der Waals surface area contributed by atoms with Crippen LogP contribution < -0.4 is 0 Å². The molecule has 98 valence electrons. The van der Waals surface area contributed by atoms with Gasteiger partial charge in [-0.05, 0) is 6.07 Å². The molecule has 2 heterocycles. The van der Waals surface area contributed by atoms with Gasteiger partial charge in [0.25, 0.3) is 0 Å². The van der Waals surface area contributed by atoms with Crippen molar-refractivity contribution in [3.8, 4) is 0 Å². The molecule has 0 spiro atoms. The fraction of sp³-hybridized carbons (Fsp3) is 0.231.